The van der Waals surface area contributed by atoms with E-state index in [2.05, 4.69) is 26.2 Å². The minimum absolute atomic E-state index is 0.0584. The van der Waals surface area contributed by atoms with E-state index in [1.807, 2.05) is 97.9 Å². The Balaban J connectivity index is 1.56. The summed E-state index contributed by atoms with van der Waals surface area (Å²) in [5.74, 6) is -1.82. The third-order valence-corrected chi connectivity index (χ3v) is 15.2. The summed E-state index contributed by atoms with van der Waals surface area (Å²) in [5.41, 5.74) is 1.36. The molecule has 2 fully saturated rings. The third kappa shape index (κ3) is 7.51. The largest absolute Gasteiger partial charge is 0.457 e. The van der Waals surface area contributed by atoms with Crippen LogP contribution in [0.15, 0.2) is 128 Å². The van der Waals surface area contributed by atoms with Crippen LogP contribution in [0.1, 0.15) is 23.7 Å². The van der Waals surface area contributed by atoms with Crippen LogP contribution in [0.4, 0.5) is 10.5 Å². The second-order valence-corrected chi connectivity index (χ2v) is 22.4. The molecule has 0 aliphatic carbocycles. The van der Waals surface area contributed by atoms with Gasteiger partial charge < -0.3 is 19.0 Å². The van der Waals surface area contributed by atoms with E-state index in [0.717, 1.165) is 15.9 Å². The van der Waals surface area contributed by atoms with Gasteiger partial charge in [-0.3, -0.25) is 14.5 Å². The van der Waals surface area contributed by atoms with Crippen LogP contribution in [0.3, 0.4) is 0 Å². The van der Waals surface area contributed by atoms with Crippen molar-refractivity contribution in [3.05, 3.63) is 133 Å². The van der Waals surface area contributed by atoms with Crippen molar-refractivity contribution in [1.29, 1.82) is 0 Å². The molecule has 11 heteroatoms. The predicted molar refractivity (Wildman–Crippen MR) is 220 cm³/mol. The first-order valence-corrected chi connectivity index (χ1v) is 23.5. The van der Waals surface area contributed by atoms with Gasteiger partial charge >= 0.3 is 12.0 Å². The number of carbonyl (C=O) groups excluding carboxylic acids is 4. The lowest BCUT2D eigenvalue weighted by Crippen LogP contribution is -2.69. The number of rotatable bonds is 14. The fourth-order valence-electron chi connectivity index (χ4n) is 7.58. The first kappa shape index (κ1) is 38.7. The molecule has 0 bridgehead atoms. The molecule has 6 rings (SSSR count). The fraction of sp³-hybridized carbons (Fsp3) is 0.279. The van der Waals surface area contributed by atoms with E-state index in [9.17, 15) is 19.2 Å². The predicted octanol–water partition coefficient (Wildman–Crippen LogP) is 6.05. The topological polar surface area (TPSA) is 96.5 Å². The van der Waals surface area contributed by atoms with Gasteiger partial charge in [-0.2, -0.15) is 0 Å². The minimum Gasteiger partial charge on any atom is -0.457 e. The highest BCUT2D eigenvalue weighted by Crippen LogP contribution is 2.50. The SMILES string of the molecule is C=CCOC(=O)C(N1C(=O)[C@H]([C@@H](C)O[Si](C)(C)C)[C@H]1CC(=O)c1ccc(N2CCN(C)C2=O)cc1)=P(c1ccccc1)(c1ccccc1)c1ccccc1. The van der Waals surface area contributed by atoms with Crippen molar-refractivity contribution >= 4 is 65.9 Å². The Morgan fingerprint density at radius 1 is 0.833 bits per heavy atom. The van der Waals surface area contributed by atoms with Crippen LogP contribution in [0, 0.1) is 5.92 Å². The summed E-state index contributed by atoms with van der Waals surface area (Å²) in [6.07, 6.45) is 0.936. The summed E-state index contributed by atoms with van der Waals surface area (Å²) >= 11 is 0. The molecule has 2 aliphatic rings. The molecule has 3 atom stereocenters. The minimum atomic E-state index is -3.17. The number of nitrogens with zero attached hydrogens (tertiary/aromatic N) is 3. The normalized spacial score (nSPS) is 17.9. The van der Waals surface area contributed by atoms with Crippen molar-refractivity contribution in [2.75, 3.05) is 31.6 Å². The van der Waals surface area contributed by atoms with Crippen molar-refractivity contribution in [3.63, 3.8) is 0 Å². The van der Waals surface area contributed by atoms with Crippen LogP contribution in [0.2, 0.25) is 19.6 Å². The van der Waals surface area contributed by atoms with E-state index in [1.165, 1.54) is 6.08 Å². The number of Topliss-reactive ketones (excluding diaryl/α,β-unsaturated/α-hetero) is 1. The first-order valence-electron chi connectivity index (χ1n) is 18.3. The zero-order valence-corrected chi connectivity index (χ0v) is 33.4. The fourth-order valence-corrected chi connectivity index (χ4v) is 13.2. The maximum Gasteiger partial charge on any atom is 0.356 e. The highest BCUT2D eigenvalue weighted by molar-refractivity contribution is 7.96. The van der Waals surface area contributed by atoms with Crippen LogP contribution >= 0.6 is 6.89 Å². The van der Waals surface area contributed by atoms with Crippen molar-refractivity contribution < 1.29 is 28.3 Å². The zero-order valence-electron chi connectivity index (χ0n) is 31.6. The van der Waals surface area contributed by atoms with E-state index in [1.54, 1.807) is 46.0 Å². The Bertz CT molecular complexity index is 1970. The molecule has 2 aliphatic heterocycles. The van der Waals surface area contributed by atoms with E-state index in [4.69, 9.17) is 9.16 Å². The van der Waals surface area contributed by atoms with Gasteiger partial charge in [-0.25, -0.2) is 9.59 Å². The van der Waals surface area contributed by atoms with Gasteiger partial charge in [0, 0.05) is 44.7 Å². The number of esters is 1. The molecule has 0 aromatic heterocycles. The second-order valence-electron chi connectivity index (χ2n) is 14.7. The molecule has 0 saturated carbocycles. The number of hydrogen-bond acceptors (Lipinski definition) is 6. The van der Waals surface area contributed by atoms with Crippen molar-refractivity contribution in [2.24, 2.45) is 5.92 Å². The van der Waals surface area contributed by atoms with Gasteiger partial charge in [0.1, 0.15) is 12.0 Å². The molecule has 4 aromatic carbocycles. The lowest BCUT2D eigenvalue weighted by molar-refractivity contribution is -0.156. The van der Waals surface area contributed by atoms with Gasteiger partial charge in [-0.15, -0.1) is 0 Å². The number of urea groups is 1. The Morgan fingerprint density at radius 3 is 1.80 bits per heavy atom. The quantitative estimate of drug-likeness (QED) is 0.0388. The van der Waals surface area contributed by atoms with Gasteiger partial charge in [0.25, 0.3) is 0 Å². The van der Waals surface area contributed by atoms with E-state index < -0.39 is 39.2 Å². The molecule has 2 heterocycles. The Kier molecular flexibility index (Phi) is 11.6. The van der Waals surface area contributed by atoms with Crippen molar-refractivity contribution in [1.82, 2.24) is 9.80 Å². The molecule has 3 amide bonds. The zero-order chi connectivity index (χ0) is 38.6. The number of amides is 3. The van der Waals surface area contributed by atoms with Gasteiger partial charge in [0.2, 0.25) is 5.91 Å². The standard InChI is InChI=1S/C43H48N3O6PSi/c1-7-29-51-42(49)41(53(34-17-11-8-12-18-34,35-19-13-9-14-20-35)36-21-15-10-16-22-36)46-37(39(40(46)48)31(2)52-54(4,5)6)30-38(47)32-23-25-33(26-24-32)45-28-27-44(3)43(45)50/h7-26,31,37,39H,1,27-30H2,2-6H3/t31-,37-,39-/m1/s1. The average molecular weight is 762 g/mol. The summed E-state index contributed by atoms with van der Waals surface area (Å²) in [4.78, 5) is 61.6. The molecule has 280 valence electrons. The molecule has 0 spiro atoms. The third-order valence-electron chi connectivity index (χ3n) is 9.92. The maximum atomic E-state index is 14.9. The second kappa shape index (κ2) is 16.1. The van der Waals surface area contributed by atoms with E-state index in [-0.39, 0.29) is 36.2 Å². The summed E-state index contributed by atoms with van der Waals surface area (Å²) in [6, 6.07) is 35.6. The van der Waals surface area contributed by atoms with Crippen LogP contribution in [-0.2, 0) is 18.8 Å². The molecule has 2 saturated heterocycles. The molecular weight excluding hydrogens is 714 g/mol. The molecule has 0 radical (unpaired) electrons. The maximum absolute atomic E-state index is 14.9. The lowest BCUT2D eigenvalue weighted by atomic mass is 9.79. The van der Waals surface area contributed by atoms with Gasteiger partial charge in [-0.1, -0.05) is 104 Å². The number of anilines is 1. The summed E-state index contributed by atoms with van der Waals surface area (Å²) in [6.45, 7) is 9.82. The van der Waals surface area contributed by atoms with Crippen molar-refractivity contribution in [2.45, 2.75) is 45.1 Å². The number of ether oxygens (including phenoxy) is 1. The molecular formula is C43H48N3O6PSi. The Morgan fingerprint density at radius 2 is 1.35 bits per heavy atom. The van der Waals surface area contributed by atoms with Gasteiger partial charge in [0.15, 0.2) is 14.1 Å². The molecule has 4 aromatic rings. The Hall–Kier alpha value is -5.02. The molecule has 54 heavy (non-hydrogen) atoms. The van der Waals surface area contributed by atoms with Crippen LogP contribution in [0.5, 0.6) is 0 Å². The average Bonchev–Trinajstić information content (AvgIpc) is 3.50. The van der Waals surface area contributed by atoms with Crippen molar-refractivity contribution in [3.8, 4) is 0 Å². The van der Waals surface area contributed by atoms with Crippen LogP contribution in [-0.4, -0.2) is 86.1 Å². The summed E-state index contributed by atoms with van der Waals surface area (Å²) in [7, 11) is -0.374. The highest BCUT2D eigenvalue weighted by Gasteiger charge is 2.56. The summed E-state index contributed by atoms with van der Waals surface area (Å²) < 4.78 is 12.4. The lowest BCUT2D eigenvalue weighted by Gasteiger charge is -2.52. The Labute approximate surface area is 319 Å². The molecule has 9 nitrogen and oxygen atoms in total. The number of β-lactam (4-membered cyclic amide) rings is 1. The highest BCUT2D eigenvalue weighted by atomic mass is 31.2. The van der Waals surface area contributed by atoms with Crippen LogP contribution in [0.25, 0.3) is 0 Å². The number of hydrogen-bond donors (Lipinski definition) is 0. The van der Waals surface area contributed by atoms with E-state index in [0.29, 0.717) is 24.3 Å². The molecule has 0 unspecified atom stereocenters. The van der Waals surface area contributed by atoms with Gasteiger partial charge in [0.05, 0.1) is 18.1 Å². The number of carbonyl (C=O) groups is 4. The number of likely N-dealkylation sites (N-methyl/N-ethyl adjacent to an activating group) is 1. The monoisotopic (exact) mass is 761 g/mol. The number of likely N-dealkylation sites (tertiary alicyclic amines) is 1. The molecule has 0 N–H and O–H groups in total. The smallest absolute Gasteiger partial charge is 0.356 e. The summed E-state index contributed by atoms with van der Waals surface area (Å²) in [5, 5.41) is 2.58. The van der Waals surface area contributed by atoms with Gasteiger partial charge in [-0.05, 0) is 66.7 Å². The van der Waals surface area contributed by atoms with E-state index >= 15 is 0 Å². The number of benzene rings is 4. The first-order chi connectivity index (χ1) is 25.9. The number of ketones is 1. The van der Waals surface area contributed by atoms with Crippen LogP contribution < -0.4 is 20.8 Å².